The lowest BCUT2D eigenvalue weighted by Crippen LogP contribution is -2.30. The van der Waals surface area contributed by atoms with Gasteiger partial charge in [-0.25, -0.2) is 9.13 Å². The Kier molecular flexibility index (Phi) is 75.0. The number of phosphoric ester groups is 2. The van der Waals surface area contributed by atoms with Gasteiger partial charge in [0.2, 0.25) is 0 Å². The van der Waals surface area contributed by atoms with Crippen LogP contribution in [0.15, 0.2) is 0 Å². The fraction of sp³-hybridized carbons (Fsp3) is 0.953. The smallest absolute Gasteiger partial charge is 0.462 e. The molecular formula is C85H166O17P2. The molecule has 0 aromatic carbocycles. The van der Waals surface area contributed by atoms with E-state index in [-0.39, 0.29) is 25.7 Å². The Hall–Kier alpha value is -1.94. The topological polar surface area (TPSA) is 237 Å². The van der Waals surface area contributed by atoms with E-state index in [0.29, 0.717) is 25.7 Å². The number of ether oxygens (including phenoxy) is 4. The van der Waals surface area contributed by atoms with E-state index in [4.69, 9.17) is 37.0 Å². The summed E-state index contributed by atoms with van der Waals surface area (Å²) < 4.78 is 68.9. The molecule has 5 atom stereocenters. The summed E-state index contributed by atoms with van der Waals surface area (Å²) in [5, 5.41) is 10.7. The molecule has 0 aromatic heterocycles. The molecule has 3 N–H and O–H groups in total. The number of carbonyl (C=O) groups excluding carboxylic acids is 4. The van der Waals surface area contributed by atoms with Crippen LogP contribution in [0.3, 0.4) is 0 Å². The molecule has 17 nitrogen and oxygen atoms in total. The van der Waals surface area contributed by atoms with Crippen LogP contribution in [-0.2, 0) is 65.4 Å². The summed E-state index contributed by atoms with van der Waals surface area (Å²) in [4.78, 5) is 73.2. The van der Waals surface area contributed by atoms with Gasteiger partial charge in [-0.15, -0.1) is 0 Å². The van der Waals surface area contributed by atoms with E-state index in [0.717, 1.165) is 102 Å². The van der Waals surface area contributed by atoms with E-state index in [1.807, 2.05) is 0 Å². The van der Waals surface area contributed by atoms with Crippen molar-refractivity contribution >= 4 is 39.5 Å². The van der Waals surface area contributed by atoms with Crippen LogP contribution in [0.1, 0.15) is 452 Å². The highest BCUT2D eigenvalue weighted by Crippen LogP contribution is 2.45. The molecule has 618 valence electrons. The molecule has 0 aliphatic carbocycles. The van der Waals surface area contributed by atoms with Crippen molar-refractivity contribution in [1.82, 2.24) is 0 Å². The Balaban J connectivity index is 5.24. The van der Waals surface area contributed by atoms with Gasteiger partial charge in [0, 0.05) is 25.7 Å². The van der Waals surface area contributed by atoms with Gasteiger partial charge in [0.25, 0.3) is 0 Å². The minimum Gasteiger partial charge on any atom is -0.462 e. The lowest BCUT2D eigenvalue weighted by Gasteiger charge is -2.21. The molecule has 104 heavy (non-hydrogen) atoms. The lowest BCUT2D eigenvalue weighted by atomic mass is 10.0. The van der Waals surface area contributed by atoms with E-state index in [9.17, 15) is 43.2 Å². The number of hydrogen-bond acceptors (Lipinski definition) is 15. The second-order valence-electron chi connectivity index (χ2n) is 31.5. The quantitative estimate of drug-likeness (QED) is 0.0222. The Morgan fingerprint density at radius 1 is 0.260 bits per heavy atom. The van der Waals surface area contributed by atoms with Crippen molar-refractivity contribution in [3.05, 3.63) is 0 Å². The zero-order chi connectivity index (χ0) is 76.4. The molecule has 0 amide bonds. The van der Waals surface area contributed by atoms with E-state index in [2.05, 4.69) is 41.5 Å². The number of unbranched alkanes of at least 4 members (excludes halogenated alkanes) is 54. The first-order valence-corrected chi connectivity index (χ1v) is 47.0. The fourth-order valence-electron chi connectivity index (χ4n) is 13.2. The minimum absolute atomic E-state index is 0.108. The number of rotatable bonds is 84. The minimum atomic E-state index is -4.97. The first-order valence-electron chi connectivity index (χ1n) is 44.0. The molecule has 0 rings (SSSR count). The van der Waals surface area contributed by atoms with Gasteiger partial charge in [-0.1, -0.05) is 401 Å². The molecule has 2 unspecified atom stereocenters. The van der Waals surface area contributed by atoms with Crippen LogP contribution in [0.2, 0.25) is 0 Å². The third-order valence-corrected chi connectivity index (χ3v) is 21.9. The summed E-state index contributed by atoms with van der Waals surface area (Å²) >= 11 is 0. The first-order chi connectivity index (χ1) is 50.4. The number of phosphoric acid groups is 2. The van der Waals surface area contributed by atoms with Gasteiger partial charge in [-0.05, 0) is 37.5 Å². The zero-order valence-electron chi connectivity index (χ0n) is 68.3. The molecule has 0 aromatic rings. The monoisotopic (exact) mass is 1520 g/mol. The van der Waals surface area contributed by atoms with Crippen LogP contribution >= 0.6 is 15.6 Å². The fourth-order valence-corrected chi connectivity index (χ4v) is 14.8. The Morgan fingerprint density at radius 3 is 0.654 bits per heavy atom. The van der Waals surface area contributed by atoms with Crippen LogP contribution in [0, 0.1) is 11.8 Å². The summed E-state index contributed by atoms with van der Waals surface area (Å²) in [6.07, 6.45) is 68.0. The van der Waals surface area contributed by atoms with Crippen molar-refractivity contribution in [3.8, 4) is 0 Å². The van der Waals surface area contributed by atoms with E-state index in [1.165, 1.54) is 270 Å². The number of carbonyl (C=O) groups is 4. The normalized spacial score (nSPS) is 13.8. The van der Waals surface area contributed by atoms with Crippen LogP contribution in [0.5, 0.6) is 0 Å². The van der Waals surface area contributed by atoms with Crippen molar-refractivity contribution in [2.75, 3.05) is 39.6 Å². The Labute approximate surface area is 638 Å². The van der Waals surface area contributed by atoms with E-state index in [1.54, 1.807) is 0 Å². The van der Waals surface area contributed by atoms with Crippen molar-refractivity contribution < 1.29 is 80.2 Å². The van der Waals surface area contributed by atoms with E-state index >= 15 is 0 Å². The molecule has 0 spiro atoms. The second-order valence-corrected chi connectivity index (χ2v) is 34.4. The number of esters is 4. The maximum atomic E-state index is 13.1. The molecule has 0 aliphatic rings. The molecule has 0 heterocycles. The van der Waals surface area contributed by atoms with Gasteiger partial charge in [0.05, 0.1) is 26.4 Å². The maximum Gasteiger partial charge on any atom is 0.472 e. The summed E-state index contributed by atoms with van der Waals surface area (Å²) in [6.45, 7) is 9.69. The third-order valence-electron chi connectivity index (χ3n) is 20.0. The van der Waals surface area contributed by atoms with Gasteiger partial charge >= 0.3 is 39.5 Å². The van der Waals surface area contributed by atoms with Gasteiger partial charge in [0.15, 0.2) is 12.2 Å². The predicted molar refractivity (Wildman–Crippen MR) is 428 cm³/mol. The lowest BCUT2D eigenvalue weighted by molar-refractivity contribution is -0.161. The number of aliphatic hydroxyl groups is 1. The molecule has 0 fully saturated rings. The SMILES string of the molecule is CCCCCCCCCCCCCCCCCCCC(=O)OC[C@H](COP(=O)(O)OC[C@@H](O)COP(=O)(O)OC[C@@H](COC(=O)CCCCCCCCCCCC(C)C)OC(=O)CCCCCCCCCCCCCCCC)OC(=O)CCCCCCCCCCCCCCCCCCCCC(C)C. The summed E-state index contributed by atoms with van der Waals surface area (Å²) in [6, 6.07) is 0. The molecule has 19 heteroatoms. The van der Waals surface area contributed by atoms with Gasteiger partial charge < -0.3 is 33.8 Å². The van der Waals surface area contributed by atoms with Crippen LogP contribution in [0.4, 0.5) is 0 Å². The molecule has 0 aliphatic heterocycles. The summed E-state index contributed by atoms with van der Waals surface area (Å²) in [7, 11) is -9.93. The molecule has 0 bridgehead atoms. The highest BCUT2D eigenvalue weighted by molar-refractivity contribution is 7.47. The van der Waals surface area contributed by atoms with Gasteiger partial charge in [-0.3, -0.25) is 37.3 Å². The average Bonchev–Trinajstić information content (AvgIpc) is 0.904. The number of hydrogen-bond donors (Lipinski definition) is 3. The number of aliphatic hydroxyl groups excluding tert-OH is 1. The first kappa shape index (κ1) is 102. The van der Waals surface area contributed by atoms with E-state index < -0.39 is 97.5 Å². The summed E-state index contributed by atoms with van der Waals surface area (Å²) in [5.41, 5.74) is 0. The van der Waals surface area contributed by atoms with Crippen LogP contribution in [0.25, 0.3) is 0 Å². The van der Waals surface area contributed by atoms with Crippen molar-refractivity contribution in [1.29, 1.82) is 0 Å². The van der Waals surface area contributed by atoms with Crippen molar-refractivity contribution in [2.24, 2.45) is 11.8 Å². The molecular weight excluding hydrogens is 1350 g/mol. The highest BCUT2D eigenvalue weighted by Gasteiger charge is 2.30. The van der Waals surface area contributed by atoms with Gasteiger partial charge in [-0.2, -0.15) is 0 Å². The Bertz CT molecular complexity index is 1990. The maximum absolute atomic E-state index is 13.1. The van der Waals surface area contributed by atoms with Crippen molar-refractivity contribution in [2.45, 2.75) is 471 Å². The predicted octanol–water partition coefficient (Wildman–Crippen LogP) is 25.8. The van der Waals surface area contributed by atoms with Gasteiger partial charge in [0.1, 0.15) is 19.3 Å². The second kappa shape index (κ2) is 76.4. The highest BCUT2D eigenvalue weighted by atomic mass is 31.2. The molecule has 0 radical (unpaired) electrons. The summed E-state index contributed by atoms with van der Waals surface area (Å²) in [5.74, 6) is -0.537. The average molecular weight is 1520 g/mol. The van der Waals surface area contributed by atoms with Crippen LogP contribution < -0.4 is 0 Å². The zero-order valence-corrected chi connectivity index (χ0v) is 70.1. The van der Waals surface area contributed by atoms with Crippen molar-refractivity contribution in [3.63, 3.8) is 0 Å². The largest absolute Gasteiger partial charge is 0.472 e. The molecule has 0 saturated carbocycles. The molecule has 0 saturated heterocycles. The Morgan fingerprint density at radius 2 is 0.442 bits per heavy atom. The van der Waals surface area contributed by atoms with Crippen LogP contribution in [-0.4, -0.2) is 96.7 Å². The standard InChI is InChI=1S/C85H166O17P2/c1-7-9-11-13-15-17-19-21-23-26-30-34-37-43-49-55-61-67-82(87)95-73-80(101-85(90)70-64-58-52-45-39-35-31-28-25-24-27-29-32-36-41-47-53-59-65-77(3)4)75-99-103(91,92)97-71-79(86)72-98-104(93,94)100-76-81(74-96-83(88)68-62-56-50-46-40-42-48-54-60-66-78(5)6)102-84(89)69-63-57-51-44-38-33-22-20-18-16-14-12-10-8-2/h77-81,86H,7-76H2,1-6H3,(H,91,92)(H,93,94)/t79-,80-,81-/m1/s1. The third kappa shape index (κ3) is 78.2.